The van der Waals surface area contributed by atoms with Crippen molar-refractivity contribution in [3.8, 4) is 5.75 Å². The molecule has 0 aliphatic heterocycles. The predicted octanol–water partition coefficient (Wildman–Crippen LogP) is 2.07. The van der Waals surface area contributed by atoms with Crippen LogP contribution in [0.1, 0.15) is 23.7 Å². The third-order valence-electron chi connectivity index (χ3n) is 2.67. The van der Waals surface area contributed by atoms with Crippen molar-refractivity contribution in [2.24, 2.45) is 0 Å². The van der Waals surface area contributed by atoms with E-state index < -0.39 is 12.1 Å². The number of ether oxygens (including phenoxy) is 2. The minimum absolute atomic E-state index is 0.0835. The Hall–Kier alpha value is -1.60. The third-order valence-corrected chi connectivity index (χ3v) is 3.37. The maximum Gasteiger partial charge on any atom is 0.336 e. The molecule has 116 valence electrons. The number of halogens is 1. The molecular weight excluding hydrogens is 342 g/mol. The minimum atomic E-state index is -1.07. The van der Waals surface area contributed by atoms with Crippen LogP contribution in [0.2, 0.25) is 0 Å². The number of methoxy groups -OCH3 is 1. The Morgan fingerprint density at radius 3 is 2.76 bits per heavy atom. The van der Waals surface area contributed by atoms with Crippen LogP contribution in [0.4, 0.5) is 0 Å². The Kier molecular flexibility index (Phi) is 7.18. The Morgan fingerprint density at radius 1 is 1.43 bits per heavy atom. The van der Waals surface area contributed by atoms with Crippen LogP contribution in [-0.2, 0) is 9.53 Å². The van der Waals surface area contributed by atoms with E-state index in [9.17, 15) is 9.59 Å². The third kappa shape index (κ3) is 5.73. The molecule has 0 aromatic heterocycles. The van der Waals surface area contributed by atoms with E-state index in [1.807, 2.05) is 0 Å². The lowest BCUT2D eigenvalue weighted by atomic mass is 10.2. The summed E-state index contributed by atoms with van der Waals surface area (Å²) in [6.07, 6.45) is 0.00603. The number of hydrogen-bond donors (Lipinski definition) is 2. The van der Waals surface area contributed by atoms with Gasteiger partial charge in [-0.15, -0.1) is 0 Å². The topological polar surface area (TPSA) is 84.9 Å². The molecule has 1 atom stereocenters. The number of aromatic carboxylic acids is 1. The van der Waals surface area contributed by atoms with E-state index in [0.29, 0.717) is 23.4 Å². The molecule has 1 unspecified atom stereocenters. The van der Waals surface area contributed by atoms with Gasteiger partial charge < -0.3 is 19.9 Å². The van der Waals surface area contributed by atoms with Crippen molar-refractivity contribution in [3.05, 3.63) is 28.2 Å². The fourth-order valence-corrected chi connectivity index (χ4v) is 1.99. The van der Waals surface area contributed by atoms with E-state index in [2.05, 4.69) is 21.2 Å². The monoisotopic (exact) mass is 359 g/mol. The predicted molar refractivity (Wildman–Crippen MR) is 80.7 cm³/mol. The number of hydrogen-bond acceptors (Lipinski definition) is 4. The smallest absolute Gasteiger partial charge is 0.336 e. The largest absolute Gasteiger partial charge is 0.481 e. The number of benzene rings is 1. The van der Waals surface area contributed by atoms with Crippen molar-refractivity contribution >= 4 is 27.8 Å². The summed E-state index contributed by atoms with van der Waals surface area (Å²) < 4.78 is 10.8. The van der Waals surface area contributed by atoms with Gasteiger partial charge in [0.05, 0.1) is 5.56 Å². The fourth-order valence-electron chi connectivity index (χ4n) is 1.57. The molecule has 0 spiro atoms. The van der Waals surface area contributed by atoms with Gasteiger partial charge in [-0.3, -0.25) is 4.79 Å². The summed E-state index contributed by atoms with van der Waals surface area (Å²) in [5, 5.41) is 11.7. The molecule has 7 heteroatoms. The molecule has 0 bridgehead atoms. The summed E-state index contributed by atoms with van der Waals surface area (Å²) >= 11 is 3.15. The normalized spacial score (nSPS) is 11.8. The highest BCUT2D eigenvalue weighted by atomic mass is 79.9. The highest BCUT2D eigenvalue weighted by molar-refractivity contribution is 9.10. The second-order valence-electron chi connectivity index (χ2n) is 4.34. The number of rotatable bonds is 8. The van der Waals surface area contributed by atoms with Crippen LogP contribution in [0.5, 0.6) is 5.75 Å². The molecule has 1 aromatic rings. The lowest BCUT2D eigenvalue weighted by Gasteiger charge is -2.15. The second-order valence-corrected chi connectivity index (χ2v) is 5.20. The molecule has 2 N–H and O–H groups in total. The van der Waals surface area contributed by atoms with Crippen LogP contribution in [0.15, 0.2) is 22.7 Å². The SMILES string of the molecule is COCCCNC(=O)C(C)Oc1ccc(Br)c(C(=O)O)c1. The number of carbonyl (C=O) groups is 2. The van der Waals surface area contributed by atoms with Crippen molar-refractivity contribution in [2.75, 3.05) is 20.3 Å². The molecule has 1 aromatic carbocycles. The van der Waals surface area contributed by atoms with Gasteiger partial charge in [0.25, 0.3) is 5.91 Å². The minimum Gasteiger partial charge on any atom is -0.481 e. The average Bonchev–Trinajstić information content (AvgIpc) is 2.45. The number of nitrogens with one attached hydrogen (secondary N) is 1. The average molecular weight is 360 g/mol. The summed E-state index contributed by atoms with van der Waals surface area (Å²) in [5.74, 6) is -0.995. The molecular formula is C14H18BrNO5. The number of carbonyl (C=O) groups excluding carboxylic acids is 1. The molecule has 21 heavy (non-hydrogen) atoms. The zero-order chi connectivity index (χ0) is 15.8. The molecule has 6 nitrogen and oxygen atoms in total. The van der Waals surface area contributed by atoms with Crippen LogP contribution >= 0.6 is 15.9 Å². The van der Waals surface area contributed by atoms with E-state index in [-0.39, 0.29) is 11.5 Å². The van der Waals surface area contributed by atoms with Crippen molar-refractivity contribution < 1.29 is 24.2 Å². The first kappa shape index (κ1) is 17.5. The summed E-state index contributed by atoms with van der Waals surface area (Å²) in [7, 11) is 1.60. The van der Waals surface area contributed by atoms with Crippen molar-refractivity contribution in [1.82, 2.24) is 5.32 Å². The Morgan fingerprint density at radius 2 is 2.14 bits per heavy atom. The highest BCUT2D eigenvalue weighted by Gasteiger charge is 2.16. The fraction of sp³-hybridized carbons (Fsp3) is 0.429. The molecule has 0 aliphatic rings. The molecule has 1 rings (SSSR count). The zero-order valence-electron chi connectivity index (χ0n) is 11.9. The van der Waals surface area contributed by atoms with Gasteiger partial charge in [-0.25, -0.2) is 4.79 Å². The van der Waals surface area contributed by atoms with Crippen LogP contribution in [0.25, 0.3) is 0 Å². The Bertz CT molecular complexity index is 506. The number of carboxylic acid groups (broad SMARTS) is 1. The first-order valence-corrected chi connectivity index (χ1v) is 7.21. The van der Waals surface area contributed by atoms with Crippen molar-refractivity contribution in [3.63, 3.8) is 0 Å². The first-order valence-electron chi connectivity index (χ1n) is 6.42. The summed E-state index contributed by atoms with van der Waals surface area (Å²) in [6, 6.07) is 4.55. The molecule has 0 saturated heterocycles. The Balaban J connectivity index is 2.58. The maximum atomic E-state index is 11.8. The molecule has 0 saturated carbocycles. The second kappa shape index (κ2) is 8.63. The standard InChI is InChI=1S/C14H18BrNO5/c1-9(13(17)16-6-3-7-20-2)21-10-4-5-12(15)11(8-10)14(18)19/h4-5,8-9H,3,6-7H2,1-2H3,(H,16,17)(H,18,19). The van der Waals surface area contributed by atoms with Crippen LogP contribution in [-0.4, -0.2) is 43.3 Å². The number of amides is 1. The zero-order valence-corrected chi connectivity index (χ0v) is 13.5. The van der Waals surface area contributed by atoms with E-state index in [1.54, 1.807) is 26.2 Å². The van der Waals surface area contributed by atoms with Crippen molar-refractivity contribution in [2.45, 2.75) is 19.4 Å². The molecule has 0 heterocycles. The van der Waals surface area contributed by atoms with Gasteiger partial charge in [-0.2, -0.15) is 0 Å². The van der Waals surface area contributed by atoms with E-state index in [0.717, 1.165) is 6.42 Å². The summed E-state index contributed by atoms with van der Waals surface area (Å²) in [4.78, 5) is 22.8. The van der Waals surface area contributed by atoms with Crippen LogP contribution < -0.4 is 10.1 Å². The number of carboxylic acids is 1. The van der Waals surface area contributed by atoms with Gasteiger partial charge in [0.15, 0.2) is 6.10 Å². The van der Waals surface area contributed by atoms with Gasteiger partial charge in [0.2, 0.25) is 0 Å². The maximum absolute atomic E-state index is 11.8. The van der Waals surface area contributed by atoms with Gasteiger partial charge >= 0.3 is 5.97 Å². The van der Waals surface area contributed by atoms with Crippen LogP contribution in [0.3, 0.4) is 0 Å². The Labute approximate surface area is 131 Å². The van der Waals surface area contributed by atoms with E-state index >= 15 is 0 Å². The quantitative estimate of drug-likeness (QED) is 0.694. The molecule has 1 amide bonds. The lowest BCUT2D eigenvalue weighted by molar-refractivity contribution is -0.127. The van der Waals surface area contributed by atoms with Crippen LogP contribution in [0, 0.1) is 0 Å². The van der Waals surface area contributed by atoms with Gasteiger partial charge in [0, 0.05) is 24.7 Å². The van der Waals surface area contributed by atoms with E-state index in [4.69, 9.17) is 14.6 Å². The first-order chi connectivity index (χ1) is 9.95. The van der Waals surface area contributed by atoms with Gasteiger partial charge in [0.1, 0.15) is 5.75 Å². The van der Waals surface area contributed by atoms with Crippen molar-refractivity contribution in [1.29, 1.82) is 0 Å². The molecule has 0 aliphatic carbocycles. The highest BCUT2D eigenvalue weighted by Crippen LogP contribution is 2.23. The summed E-state index contributed by atoms with van der Waals surface area (Å²) in [5.41, 5.74) is 0.0835. The van der Waals surface area contributed by atoms with Gasteiger partial charge in [-0.05, 0) is 47.5 Å². The van der Waals surface area contributed by atoms with E-state index in [1.165, 1.54) is 6.07 Å². The van der Waals surface area contributed by atoms with Gasteiger partial charge in [-0.1, -0.05) is 0 Å². The lowest BCUT2D eigenvalue weighted by Crippen LogP contribution is -2.37. The molecule has 0 fully saturated rings. The molecule has 0 radical (unpaired) electrons. The summed E-state index contributed by atoms with van der Waals surface area (Å²) in [6.45, 7) is 2.68.